The topological polar surface area (TPSA) is 112 Å². The Morgan fingerprint density at radius 3 is 2.59 bits per heavy atom. The number of nitrogens with one attached hydrogen (secondary N) is 2. The molecule has 7 nitrogen and oxygen atoms in total. The van der Waals surface area contributed by atoms with Crippen molar-refractivity contribution in [1.29, 1.82) is 0 Å². The molecule has 8 heteroatoms. The summed E-state index contributed by atoms with van der Waals surface area (Å²) in [6, 6.07) is 14.5. The van der Waals surface area contributed by atoms with Gasteiger partial charge in [-0.15, -0.1) is 0 Å². The highest BCUT2D eigenvalue weighted by atomic mass is 32.1. The first-order chi connectivity index (χ1) is 17.8. The third-order valence-corrected chi connectivity index (χ3v) is 7.40. The Balaban J connectivity index is 1.52. The van der Waals surface area contributed by atoms with E-state index in [4.69, 9.17) is 16.6 Å². The van der Waals surface area contributed by atoms with Gasteiger partial charge in [0.1, 0.15) is 17.1 Å². The predicted molar refractivity (Wildman–Crippen MR) is 149 cm³/mol. The fourth-order valence-electron chi connectivity index (χ4n) is 5.27. The molecule has 3 aliphatic rings. The zero-order chi connectivity index (χ0) is 26.1. The molecule has 1 aliphatic heterocycles. The van der Waals surface area contributed by atoms with E-state index in [0.29, 0.717) is 50.1 Å². The first kappa shape index (κ1) is 24.8. The van der Waals surface area contributed by atoms with Gasteiger partial charge in [0, 0.05) is 34.7 Å². The molecule has 5 rings (SSSR count). The van der Waals surface area contributed by atoms with Crippen molar-refractivity contribution in [2.45, 2.75) is 45.1 Å². The van der Waals surface area contributed by atoms with Crippen LogP contribution in [0.1, 0.15) is 49.4 Å². The maximum Gasteiger partial charge on any atom is 0.337 e. The molecule has 2 aliphatic carbocycles. The van der Waals surface area contributed by atoms with Gasteiger partial charge in [-0.2, -0.15) is 0 Å². The highest BCUT2D eigenvalue weighted by molar-refractivity contribution is 7.80. The highest BCUT2D eigenvalue weighted by Gasteiger charge is 2.23. The summed E-state index contributed by atoms with van der Waals surface area (Å²) in [6.07, 6.45) is 6.08. The Labute approximate surface area is 219 Å². The minimum Gasteiger partial charge on any atom is -0.508 e. The lowest BCUT2D eigenvalue weighted by atomic mass is 9.85. The number of rotatable bonds is 5. The molecule has 190 valence electrons. The summed E-state index contributed by atoms with van der Waals surface area (Å²) < 4.78 is 5.90. The average molecular weight is 517 g/mol. The minimum absolute atomic E-state index is 0.0223. The van der Waals surface area contributed by atoms with Crippen LogP contribution in [0.15, 0.2) is 63.8 Å². The summed E-state index contributed by atoms with van der Waals surface area (Å²) >= 11 is 5.52. The number of hydrogen-bond donors (Lipinski definition) is 4. The summed E-state index contributed by atoms with van der Waals surface area (Å²) in [6.45, 7) is 2.12. The van der Waals surface area contributed by atoms with Gasteiger partial charge in [-0.1, -0.05) is 25.3 Å². The van der Waals surface area contributed by atoms with Crippen molar-refractivity contribution in [1.82, 2.24) is 5.32 Å². The summed E-state index contributed by atoms with van der Waals surface area (Å²) in [5, 5.41) is 27.5. The number of aromatic carboxylic acids is 1. The fraction of sp³-hybridized carbons (Fsp3) is 0.276. The lowest BCUT2D eigenvalue weighted by Gasteiger charge is -2.29. The standard InChI is InChI=1S/C29H28N2O5S/c1-16(17-5-3-2-4-6-17)30-29(37)31-24-12-7-18(13-23(24)28(34)35)27-21-10-8-19(32)14-25(21)36-26-15-20(33)9-11-22(26)27/h7-17,32H,2-6H2,1H3,(H,34,35)(H2,30,31,37)/t16-/m1/s1. The second-order valence-electron chi connectivity index (χ2n) is 9.67. The van der Waals surface area contributed by atoms with E-state index in [1.807, 2.05) is 6.07 Å². The summed E-state index contributed by atoms with van der Waals surface area (Å²) in [4.78, 5) is 24.3. The largest absolute Gasteiger partial charge is 0.508 e. The molecule has 0 bridgehead atoms. The molecular weight excluding hydrogens is 488 g/mol. The van der Waals surface area contributed by atoms with E-state index in [0.717, 1.165) is 0 Å². The number of phenolic OH excluding ortho intramolecular Hbond substituents is 1. The van der Waals surface area contributed by atoms with Crippen molar-refractivity contribution in [3.63, 3.8) is 0 Å². The van der Waals surface area contributed by atoms with E-state index in [-0.39, 0.29) is 22.8 Å². The number of hydrogen-bond acceptors (Lipinski definition) is 5. The van der Waals surface area contributed by atoms with Gasteiger partial charge in [0.05, 0.1) is 11.3 Å². The van der Waals surface area contributed by atoms with Gasteiger partial charge in [0.2, 0.25) is 0 Å². The van der Waals surface area contributed by atoms with Gasteiger partial charge >= 0.3 is 5.97 Å². The normalized spacial score (nSPS) is 14.9. The Hall–Kier alpha value is -3.91. The second kappa shape index (κ2) is 10.2. The van der Waals surface area contributed by atoms with Gasteiger partial charge in [-0.3, -0.25) is 4.79 Å². The molecule has 1 atom stereocenters. The number of anilines is 1. The number of phenols is 1. The van der Waals surface area contributed by atoms with Crippen LogP contribution < -0.4 is 16.1 Å². The van der Waals surface area contributed by atoms with Gasteiger partial charge in [-0.25, -0.2) is 4.79 Å². The van der Waals surface area contributed by atoms with Gasteiger partial charge in [0.25, 0.3) is 0 Å². The van der Waals surface area contributed by atoms with Gasteiger partial charge < -0.3 is 25.3 Å². The maximum absolute atomic E-state index is 12.3. The van der Waals surface area contributed by atoms with Crippen LogP contribution in [0.3, 0.4) is 0 Å². The van der Waals surface area contributed by atoms with Crippen molar-refractivity contribution < 1.29 is 19.4 Å². The number of carbonyl (C=O) groups is 1. The smallest absolute Gasteiger partial charge is 0.337 e. The van der Waals surface area contributed by atoms with Crippen LogP contribution in [0.4, 0.5) is 5.69 Å². The Bertz CT molecular complexity index is 1520. The molecule has 0 unspecified atom stereocenters. The summed E-state index contributed by atoms with van der Waals surface area (Å²) in [5.41, 5.74) is 2.62. The highest BCUT2D eigenvalue weighted by Crippen LogP contribution is 2.41. The average Bonchev–Trinajstić information content (AvgIpc) is 2.87. The zero-order valence-corrected chi connectivity index (χ0v) is 21.2. The second-order valence-corrected chi connectivity index (χ2v) is 10.1. The SMILES string of the molecule is C[C@@H](NC(=S)Nc1ccc(-c2c3ccc(=O)cc-3oc3cc(O)ccc23)cc1C(=O)O)C1CCCCC1. The van der Waals surface area contributed by atoms with E-state index in [2.05, 4.69) is 17.6 Å². The Morgan fingerprint density at radius 2 is 1.84 bits per heavy atom. The van der Waals surface area contributed by atoms with Crippen LogP contribution in [0.2, 0.25) is 0 Å². The monoisotopic (exact) mass is 516 g/mol. The molecule has 2 aromatic rings. The first-order valence-corrected chi connectivity index (χ1v) is 12.9. The number of carboxylic acid groups (broad SMARTS) is 1. The molecule has 1 fully saturated rings. The molecule has 2 aromatic carbocycles. The molecular formula is C29H28N2O5S. The number of aromatic hydroxyl groups is 1. The summed E-state index contributed by atoms with van der Waals surface area (Å²) in [7, 11) is 0. The Kier molecular flexibility index (Phi) is 6.84. The molecule has 1 saturated carbocycles. The maximum atomic E-state index is 12.3. The van der Waals surface area contributed by atoms with Crippen molar-refractivity contribution in [2.75, 3.05) is 5.32 Å². The van der Waals surface area contributed by atoms with Crippen LogP contribution in [0, 0.1) is 5.92 Å². The van der Waals surface area contributed by atoms with Gasteiger partial charge in [0.15, 0.2) is 10.5 Å². The lowest BCUT2D eigenvalue weighted by Crippen LogP contribution is -2.41. The lowest BCUT2D eigenvalue weighted by molar-refractivity contribution is 0.0698. The summed E-state index contributed by atoms with van der Waals surface area (Å²) in [5.74, 6) is -0.175. The molecule has 0 aromatic heterocycles. The van der Waals surface area contributed by atoms with Crippen LogP contribution in [-0.4, -0.2) is 27.3 Å². The van der Waals surface area contributed by atoms with Crippen molar-refractivity contribution in [2.24, 2.45) is 5.92 Å². The van der Waals surface area contributed by atoms with Crippen molar-refractivity contribution in [3.8, 4) is 28.2 Å². The molecule has 0 saturated heterocycles. The van der Waals surface area contributed by atoms with E-state index in [1.54, 1.807) is 30.3 Å². The van der Waals surface area contributed by atoms with Crippen LogP contribution in [0.25, 0.3) is 33.4 Å². The molecule has 0 radical (unpaired) electrons. The number of carboxylic acids is 1. The third kappa shape index (κ3) is 5.15. The number of benzene rings is 3. The molecule has 1 heterocycles. The van der Waals surface area contributed by atoms with Crippen molar-refractivity contribution in [3.05, 3.63) is 70.4 Å². The van der Waals surface area contributed by atoms with Crippen LogP contribution in [0.5, 0.6) is 5.75 Å². The molecule has 37 heavy (non-hydrogen) atoms. The predicted octanol–water partition coefficient (Wildman–Crippen LogP) is 6.22. The molecule has 0 spiro atoms. The molecule has 0 amide bonds. The van der Waals surface area contributed by atoms with Crippen LogP contribution >= 0.6 is 12.2 Å². The number of fused-ring (bicyclic) bond motifs is 2. The molecule has 4 N–H and O–H groups in total. The third-order valence-electron chi connectivity index (χ3n) is 7.18. The van der Waals surface area contributed by atoms with E-state index < -0.39 is 5.97 Å². The van der Waals surface area contributed by atoms with Crippen molar-refractivity contribution >= 4 is 40.0 Å². The van der Waals surface area contributed by atoms with E-state index in [1.165, 1.54) is 50.3 Å². The Morgan fingerprint density at radius 1 is 1.05 bits per heavy atom. The quantitative estimate of drug-likeness (QED) is 0.183. The van der Waals surface area contributed by atoms with E-state index >= 15 is 0 Å². The number of thiocarbonyl (C=S) groups is 1. The first-order valence-electron chi connectivity index (χ1n) is 12.4. The zero-order valence-electron chi connectivity index (χ0n) is 20.4. The fourth-order valence-corrected chi connectivity index (χ4v) is 5.57. The van der Waals surface area contributed by atoms with Crippen LogP contribution in [-0.2, 0) is 0 Å². The minimum atomic E-state index is -1.10. The van der Waals surface area contributed by atoms with E-state index in [9.17, 15) is 19.8 Å². The van der Waals surface area contributed by atoms with Gasteiger partial charge in [-0.05, 0) is 79.9 Å².